The van der Waals surface area contributed by atoms with E-state index in [1.807, 2.05) is 24.3 Å². The van der Waals surface area contributed by atoms with Crippen molar-refractivity contribution in [1.82, 2.24) is 4.90 Å². The molecule has 1 aliphatic rings. The Balaban J connectivity index is 2.04. The summed E-state index contributed by atoms with van der Waals surface area (Å²) in [6, 6.07) is 8.18. The van der Waals surface area contributed by atoms with Gasteiger partial charge in [0.15, 0.2) is 0 Å². The number of carbonyl (C=O) groups excluding carboxylic acids is 1. The highest BCUT2D eigenvalue weighted by Gasteiger charge is 2.30. The topological polar surface area (TPSA) is 29.5 Å². The predicted molar refractivity (Wildman–Crippen MR) is 76.3 cm³/mol. The van der Waals surface area contributed by atoms with Crippen LogP contribution in [0.25, 0.3) is 0 Å². The van der Waals surface area contributed by atoms with Crippen LogP contribution in [0.15, 0.2) is 24.3 Å². The third-order valence-corrected chi connectivity index (χ3v) is 3.88. The number of methoxy groups -OCH3 is 1. The van der Waals surface area contributed by atoms with E-state index in [0.717, 1.165) is 30.7 Å². The zero-order chi connectivity index (χ0) is 13.8. The van der Waals surface area contributed by atoms with Crippen molar-refractivity contribution in [1.29, 1.82) is 0 Å². The molecule has 1 atom stereocenters. The molecule has 3 heteroatoms. The Labute approximate surface area is 115 Å². The minimum atomic E-state index is 0.240. The molecule has 1 aromatic carbocycles. The number of benzene rings is 1. The maximum Gasteiger partial charge on any atom is 0.227 e. The summed E-state index contributed by atoms with van der Waals surface area (Å²) in [6.07, 6.45) is 2.74. The highest BCUT2D eigenvalue weighted by molar-refractivity contribution is 5.79. The van der Waals surface area contributed by atoms with Crippen LogP contribution < -0.4 is 4.74 Å². The van der Waals surface area contributed by atoms with Gasteiger partial charge in [0, 0.05) is 12.6 Å². The maximum absolute atomic E-state index is 12.4. The lowest BCUT2D eigenvalue weighted by atomic mass is 10.0. The molecule has 19 heavy (non-hydrogen) atoms. The van der Waals surface area contributed by atoms with E-state index >= 15 is 0 Å². The molecule has 1 saturated heterocycles. The third-order valence-electron chi connectivity index (χ3n) is 3.88. The summed E-state index contributed by atoms with van der Waals surface area (Å²) < 4.78 is 5.20. The van der Waals surface area contributed by atoms with Crippen molar-refractivity contribution in [2.45, 2.75) is 39.2 Å². The van der Waals surface area contributed by atoms with E-state index in [1.54, 1.807) is 7.11 Å². The first-order chi connectivity index (χ1) is 9.11. The summed E-state index contributed by atoms with van der Waals surface area (Å²) in [5.74, 6) is 1.59. The van der Waals surface area contributed by atoms with Crippen LogP contribution in [-0.4, -0.2) is 30.5 Å². The Morgan fingerprint density at radius 3 is 2.95 bits per heavy atom. The fraction of sp³-hybridized carbons (Fsp3) is 0.562. The van der Waals surface area contributed by atoms with Gasteiger partial charge < -0.3 is 9.64 Å². The van der Waals surface area contributed by atoms with Crippen LogP contribution in [0, 0.1) is 5.92 Å². The number of hydrogen-bond donors (Lipinski definition) is 0. The van der Waals surface area contributed by atoms with Crippen LogP contribution in [0.4, 0.5) is 0 Å². The van der Waals surface area contributed by atoms with Crippen molar-refractivity contribution >= 4 is 5.91 Å². The van der Waals surface area contributed by atoms with E-state index in [4.69, 9.17) is 4.74 Å². The molecule has 1 aliphatic heterocycles. The average Bonchev–Trinajstić information content (AvgIpc) is 2.88. The fourth-order valence-corrected chi connectivity index (χ4v) is 2.85. The van der Waals surface area contributed by atoms with Crippen LogP contribution >= 0.6 is 0 Å². The number of carbonyl (C=O) groups is 1. The van der Waals surface area contributed by atoms with Crippen molar-refractivity contribution in [2.24, 2.45) is 5.92 Å². The van der Waals surface area contributed by atoms with Gasteiger partial charge in [0.1, 0.15) is 5.75 Å². The molecule has 1 amide bonds. The van der Waals surface area contributed by atoms with Gasteiger partial charge in [0.25, 0.3) is 0 Å². The molecule has 0 aliphatic carbocycles. The number of ether oxygens (including phenoxy) is 1. The molecular formula is C16H23NO2. The summed E-state index contributed by atoms with van der Waals surface area (Å²) in [7, 11) is 1.65. The van der Waals surface area contributed by atoms with E-state index in [-0.39, 0.29) is 5.91 Å². The molecule has 0 radical (unpaired) electrons. The molecule has 1 unspecified atom stereocenters. The normalized spacial score (nSPS) is 18.9. The first-order valence-corrected chi connectivity index (χ1v) is 7.04. The van der Waals surface area contributed by atoms with Gasteiger partial charge in [0.05, 0.1) is 13.5 Å². The van der Waals surface area contributed by atoms with Gasteiger partial charge in [-0.3, -0.25) is 4.79 Å². The second-order valence-corrected chi connectivity index (χ2v) is 5.57. The zero-order valence-electron chi connectivity index (χ0n) is 12.1. The van der Waals surface area contributed by atoms with Crippen molar-refractivity contribution in [2.75, 3.05) is 13.7 Å². The number of hydrogen-bond acceptors (Lipinski definition) is 2. The maximum atomic E-state index is 12.4. The summed E-state index contributed by atoms with van der Waals surface area (Å²) in [6.45, 7) is 5.30. The molecule has 2 rings (SSSR count). The van der Waals surface area contributed by atoms with Crippen LogP contribution in [0.3, 0.4) is 0 Å². The molecule has 0 saturated carbocycles. The summed E-state index contributed by atoms with van der Waals surface area (Å²) >= 11 is 0. The van der Waals surface area contributed by atoms with Crippen molar-refractivity contribution in [3.63, 3.8) is 0 Å². The van der Waals surface area contributed by atoms with Crippen LogP contribution in [0.5, 0.6) is 5.75 Å². The minimum absolute atomic E-state index is 0.240. The number of amides is 1. The quantitative estimate of drug-likeness (QED) is 0.834. The molecule has 3 nitrogen and oxygen atoms in total. The average molecular weight is 261 g/mol. The van der Waals surface area contributed by atoms with E-state index in [9.17, 15) is 4.79 Å². The highest BCUT2D eigenvalue weighted by Crippen LogP contribution is 2.25. The first-order valence-electron chi connectivity index (χ1n) is 7.04. The predicted octanol–water partition coefficient (Wildman–Crippen LogP) is 2.88. The third kappa shape index (κ3) is 3.28. The van der Waals surface area contributed by atoms with Crippen molar-refractivity contribution < 1.29 is 9.53 Å². The molecule has 0 N–H and O–H groups in total. The molecule has 1 fully saturated rings. The van der Waals surface area contributed by atoms with Gasteiger partial charge in [-0.1, -0.05) is 26.0 Å². The molecule has 0 aromatic heterocycles. The van der Waals surface area contributed by atoms with Crippen molar-refractivity contribution in [3.8, 4) is 5.75 Å². The minimum Gasteiger partial charge on any atom is -0.497 e. The monoisotopic (exact) mass is 261 g/mol. The molecular weight excluding hydrogens is 238 g/mol. The van der Waals surface area contributed by atoms with E-state index < -0.39 is 0 Å². The van der Waals surface area contributed by atoms with E-state index in [2.05, 4.69) is 18.7 Å². The highest BCUT2D eigenvalue weighted by atomic mass is 16.5. The largest absolute Gasteiger partial charge is 0.497 e. The summed E-state index contributed by atoms with van der Waals surface area (Å²) in [5.41, 5.74) is 1.03. The molecule has 1 aromatic rings. The van der Waals surface area contributed by atoms with Crippen LogP contribution in [0.1, 0.15) is 32.3 Å². The van der Waals surface area contributed by atoms with Gasteiger partial charge in [0.2, 0.25) is 5.91 Å². The number of rotatable bonds is 4. The number of likely N-dealkylation sites (tertiary alicyclic amines) is 1. The Bertz CT molecular complexity index is 442. The van der Waals surface area contributed by atoms with Gasteiger partial charge in [-0.25, -0.2) is 0 Å². The van der Waals surface area contributed by atoms with Crippen LogP contribution in [0.2, 0.25) is 0 Å². The lowest BCUT2D eigenvalue weighted by Gasteiger charge is -2.27. The molecule has 1 heterocycles. The Morgan fingerprint density at radius 1 is 1.47 bits per heavy atom. The molecule has 0 spiro atoms. The van der Waals surface area contributed by atoms with Gasteiger partial charge >= 0.3 is 0 Å². The van der Waals surface area contributed by atoms with Crippen molar-refractivity contribution in [3.05, 3.63) is 29.8 Å². The summed E-state index contributed by atoms with van der Waals surface area (Å²) in [5, 5.41) is 0. The van der Waals surface area contributed by atoms with Gasteiger partial charge in [-0.05, 0) is 36.5 Å². The van der Waals surface area contributed by atoms with E-state index in [1.165, 1.54) is 0 Å². The summed E-state index contributed by atoms with van der Waals surface area (Å²) in [4.78, 5) is 14.5. The second kappa shape index (κ2) is 6.09. The molecule has 104 valence electrons. The SMILES string of the molecule is COc1cccc(CC(=O)N2CCCC2C(C)C)c1. The lowest BCUT2D eigenvalue weighted by molar-refractivity contribution is -0.132. The van der Waals surface area contributed by atoms with Gasteiger partial charge in [-0.2, -0.15) is 0 Å². The fourth-order valence-electron chi connectivity index (χ4n) is 2.85. The van der Waals surface area contributed by atoms with Crippen LogP contribution in [-0.2, 0) is 11.2 Å². The first kappa shape index (κ1) is 13.9. The Hall–Kier alpha value is -1.51. The standard InChI is InChI=1S/C16H23NO2/c1-12(2)15-8-5-9-17(15)16(18)11-13-6-4-7-14(10-13)19-3/h4,6-7,10,12,15H,5,8-9,11H2,1-3H3. The smallest absolute Gasteiger partial charge is 0.227 e. The zero-order valence-corrected chi connectivity index (χ0v) is 12.1. The molecule has 0 bridgehead atoms. The second-order valence-electron chi connectivity index (χ2n) is 5.57. The Morgan fingerprint density at radius 2 is 2.26 bits per heavy atom. The number of nitrogens with zero attached hydrogens (tertiary/aromatic N) is 1. The lowest BCUT2D eigenvalue weighted by Crippen LogP contribution is -2.39. The van der Waals surface area contributed by atoms with E-state index in [0.29, 0.717) is 18.4 Å². The van der Waals surface area contributed by atoms with Gasteiger partial charge in [-0.15, -0.1) is 0 Å². The Kier molecular flexibility index (Phi) is 4.46.